The lowest BCUT2D eigenvalue weighted by molar-refractivity contribution is 0.629. The summed E-state index contributed by atoms with van der Waals surface area (Å²) in [4.78, 5) is 27.0. The molecule has 1 N–H and O–H groups in total. The number of H-pyrrole nitrogens is 1. The Bertz CT molecular complexity index is 1740. The van der Waals surface area contributed by atoms with Gasteiger partial charge in [-0.05, 0) is 42.5 Å². The minimum Gasteiger partial charge on any atom is -0.454 e. The number of thiophene rings is 1. The molecule has 166 valence electrons. The van der Waals surface area contributed by atoms with Crippen molar-refractivity contribution < 1.29 is 4.42 Å². The summed E-state index contributed by atoms with van der Waals surface area (Å²) in [7, 11) is 0. The zero-order valence-corrected chi connectivity index (χ0v) is 19.0. The molecule has 0 bridgehead atoms. The van der Waals surface area contributed by atoms with E-state index in [1.807, 2.05) is 48.8 Å². The number of rotatable bonds is 4. The van der Waals surface area contributed by atoms with Crippen LogP contribution in [0.25, 0.3) is 65.7 Å². The molecule has 0 amide bonds. The van der Waals surface area contributed by atoms with E-state index in [4.69, 9.17) is 9.40 Å². The second-order valence-corrected chi connectivity index (χ2v) is 9.04. The number of pyridine rings is 3. The third kappa shape index (κ3) is 3.31. The van der Waals surface area contributed by atoms with E-state index in [-0.39, 0.29) is 0 Å². The molecule has 0 saturated carbocycles. The molecule has 7 rings (SSSR count). The highest BCUT2D eigenvalue weighted by atomic mass is 32.1. The summed E-state index contributed by atoms with van der Waals surface area (Å²) in [6.07, 6.45) is 12.5. The van der Waals surface area contributed by atoms with E-state index >= 15 is 0 Å². The highest BCUT2D eigenvalue weighted by Gasteiger charge is 2.27. The van der Waals surface area contributed by atoms with Crippen LogP contribution >= 0.6 is 11.3 Å². The first-order valence-corrected chi connectivity index (χ1v) is 11.8. The Balaban J connectivity index is 1.60. The lowest BCUT2D eigenvalue weighted by Crippen LogP contribution is -1.91. The fraction of sp³-hybridized carbons (Fsp3) is 0. The van der Waals surface area contributed by atoms with Crippen molar-refractivity contribution in [3.05, 3.63) is 91.9 Å². The third-order valence-electron chi connectivity index (χ3n) is 5.84. The predicted octanol–water partition coefficient (Wildman–Crippen LogP) is 6.62. The molecule has 35 heavy (non-hydrogen) atoms. The smallest absolute Gasteiger partial charge is 0.176 e. The molecule has 7 heterocycles. The number of furan rings is 1. The van der Waals surface area contributed by atoms with Gasteiger partial charge in [-0.15, -0.1) is 11.3 Å². The van der Waals surface area contributed by atoms with Crippen molar-refractivity contribution in [3.8, 4) is 44.7 Å². The molecule has 0 spiro atoms. The third-order valence-corrected chi connectivity index (χ3v) is 6.97. The maximum atomic E-state index is 6.29. The molecule has 0 aliphatic rings. The highest BCUT2D eigenvalue weighted by Crippen LogP contribution is 2.48. The fourth-order valence-electron chi connectivity index (χ4n) is 4.31. The molecule has 0 unspecified atom stereocenters. The van der Waals surface area contributed by atoms with Gasteiger partial charge in [0, 0.05) is 74.9 Å². The summed E-state index contributed by atoms with van der Waals surface area (Å²) in [6, 6.07) is 15.8. The van der Waals surface area contributed by atoms with Crippen LogP contribution in [0.1, 0.15) is 0 Å². The summed E-state index contributed by atoms with van der Waals surface area (Å²) in [5.74, 6) is 1.29. The average molecular weight is 473 g/mol. The maximum Gasteiger partial charge on any atom is 0.176 e. The van der Waals surface area contributed by atoms with Crippen molar-refractivity contribution in [2.24, 2.45) is 0 Å². The second-order valence-electron chi connectivity index (χ2n) is 7.96. The van der Waals surface area contributed by atoms with Gasteiger partial charge in [-0.25, -0.2) is 9.97 Å². The highest BCUT2D eigenvalue weighted by molar-refractivity contribution is 7.22. The van der Waals surface area contributed by atoms with Crippen molar-refractivity contribution in [2.75, 3.05) is 0 Å². The lowest BCUT2D eigenvalue weighted by Gasteiger charge is -2.06. The van der Waals surface area contributed by atoms with Gasteiger partial charge in [-0.3, -0.25) is 15.0 Å². The Kier molecular flexibility index (Phi) is 4.49. The van der Waals surface area contributed by atoms with Gasteiger partial charge in [-0.1, -0.05) is 6.07 Å². The first-order valence-electron chi connectivity index (χ1n) is 11.0. The molecule has 7 aromatic rings. The molecule has 7 aromatic heterocycles. The van der Waals surface area contributed by atoms with Gasteiger partial charge in [0.1, 0.15) is 5.58 Å². The van der Waals surface area contributed by atoms with E-state index in [2.05, 4.69) is 31.0 Å². The topological polar surface area (TPSA) is 93.4 Å². The van der Waals surface area contributed by atoms with Crippen LogP contribution in [0.2, 0.25) is 0 Å². The summed E-state index contributed by atoms with van der Waals surface area (Å²) < 4.78 is 7.44. The van der Waals surface area contributed by atoms with Crippen molar-refractivity contribution in [2.45, 2.75) is 0 Å². The predicted molar refractivity (Wildman–Crippen MR) is 137 cm³/mol. The van der Waals surface area contributed by atoms with Gasteiger partial charge in [0.15, 0.2) is 11.6 Å². The number of hydrogen-bond donors (Lipinski definition) is 1. The molecule has 0 radical (unpaired) electrons. The first kappa shape index (κ1) is 19.7. The standard InChI is InChI=1S/C27H16N6OS/c1-2-7-30-18(4-1)23-24(22-13-17-15-29-11-6-21(17)35-22)25(33-26(23)27-31-8-3-9-32-27)20-12-16-14-28-10-5-19(16)34-20/h1-15,33H. The molecule has 8 heteroatoms. The largest absolute Gasteiger partial charge is 0.454 e. The van der Waals surface area contributed by atoms with Gasteiger partial charge in [0.2, 0.25) is 0 Å². The van der Waals surface area contributed by atoms with Crippen LogP contribution in [-0.2, 0) is 0 Å². The van der Waals surface area contributed by atoms with Gasteiger partial charge in [-0.2, -0.15) is 0 Å². The molecular weight excluding hydrogens is 456 g/mol. The van der Waals surface area contributed by atoms with Gasteiger partial charge in [0.05, 0.1) is 17.1 Å². The van der Waals surface area contributed by atoms with Gasteiger partial charge >= 0.3 is 0 Å². The van der Waals surface area contributed by atoms with Crippen LogP contribution in [0.3, 0.4) is 0 Å². The molecule has 0 aliphatic heterocycles. The van der Waals surface area contributed by atoms with Crippen LogP contribution in [0.4, 0.5) is 0 Å². The van der Waals surface area contributed by atoms with E-state index in [0.717, 1.165) is 54.1 Å². The van der Waals surface area contributed by atoms with Crippen LogP contribution in [-0.4, -0.2) is 29.9 Å². The van der Waals surface area contributed by atoms with Gasteiger partial charge in [0.25, 0.3) is 0 Å². The van der Waals surface area contributed by atoms with Crippen LogP contribution in [0.5, 0.6) is 0 Å². The number of aromatic amines is 1. The first-order chi connectivity index (χ1) is 17.3. The summed E-state index contributed by atoms with van der Waals surface area (Å²) in [5.41, 5.74) is 5.12. The van der Waals surface area contributed by atoms with Crippen LogP contribution in [0, 0.1) is 0 Å². The minimum atomic E-state index is 0.584. The minimum absolute atomic E-state index is 0.584. The Morgan fingerprint density at radius 3 is 2.34 bits per heavy atom. The Hall–Kier alpha value is -4.69. The van der Waals surface area contributed by atoms with Crippen molar-refractivity contribution in [3.63, 3.8) is 0 Å². The molecule has 0 fully saturated rings. The van der Waals surface area contributed by atoms with E-state index < -0.39 is 0 Å². The Morgan fingerprint density at radius 1 is 0.714 bits per heavy atom. The molecule has 7 nitrogen and oxygen atoms in total. The maximum absolute atomic E-state index is 6.29. The monoisotopic (exact) mass is 472 g/mol. The fourth-order valence-corrected chi connectivity index (χ4v) is 5.40. The quantitative estimate of drug-likeness (QED) is 0.309. The van der Waals surface area contributed by atoms with E-state index in [9.17, 15) is 0 Å². The summed E-state index contributed by atoms with van der Waals surface area (Å²) >= 11 is 1.70. The zero-order valence-electron chi connectivity index (χ0n) is 18.2. The molecular formula is C27H16N6OS. The zero-order chi connectivity index (χ0) is 23.2. The number of hydrogen-bond acceptors (Lipinski definition) is 7. The van der Waals surface area contributed by atoms with Crippen molar-refractivity contribution in [1.82, 2.24) is 29.9 Å². The Labute approximate surface area is 203 Å². The van der Waals surface area contributed by atoms with Crippen molar-refractivity contribution >= 4 is 32.4 Å². The number of aromatic nitrogens is 6. The average Bonchev–Trinajstić information content (AvgIpc) is 3.64. The summed E-state index contributed by atoms with van der Waals surface area (Å²) in [6.45, 7) is 0. The number of nitrogens with zero attached hydrogens (tertiary/aromatic N) is 5. The van der Waals surface area contributed by atoms with Crippen molar-refractivity contribution in [1.29, 1.82) is 0 Å². The number of fused-ring (bicyclic) bond motifs is 2. The SMILES string of the molecule is c1ccc(-c2c(-c3ncccn3)[nH]c(-c3cc4cnccc4o3)c2-c2cc3cnccc3s2)nc1. The Morgan fingerprint density at radius 2 is 1.54 bits per heavy atom. The molecule has 0 saturated heterocycles. The van der Waals surface area contributed by atoms with E-state index in [0.29, 0.717) is 11.6 Å². The normalized spacial score (nSPS) is 11.4. The van der Waals surface area contributed by atoms with Crippen LogP contribution in [0.15, 0.2) is 96.3 Å². The number of nitrogens with one attached hydrogen (secondary N) is 1. The van der Waals surface area contributed by atoms with Gasteiger partial charge < -0.3 is 9.40 Å². The second kappa shape index (κ2) is 7.96. The molecule has 0 atom stereocenters. The molecule has 0 aliphatic carbocycles. The lowest BCUT2D eigenvalue weighted by atomic mass is 10.0. The molecule has 0 aromatic carbocycles. The van der Waals surface area contributed by atoms with E-state index in [1.54, 1.807) is 48.4 Å². The summed E-state index contributed by atoms with van der Waals surface area (Å²) in [5, 5.41) is 2.01. The van der Waals surface area contributed by atoms with Crippen LogP contribution < -0.4 is 0 Å². The van der Waals surface area contributed by atoms with E-state index in [1.165, 1.54) is 0 Å².